The second-order valence-electron chi connectivity index (χ2n) is 4.83. The molecule has 0 saturated carbocycles. The molecular formula is C17H12BrF2N. The molecule has 0 aliphatic heterocycles. The van der Waals surface area contributed by atoms with Gasteiger partial charge in [0.05, 0.1) is 10.5 Å². The van der Waals surface area contributed by atoms with Crippen molar-refractivity contribution in [3.05, 3.63) is 81.8 Å². The van der Waals surface area contributed by atoms with Crippen LogP contribution in [0, 0.1) is 11.6 Å². The zero-order valence-electron chi connectivity index (χ0n) is 11.0. The van der Waals surface area contributed by atoms with Crippen molar-refractivity contribution in [2.24, 2.45) is 5.73 Å². The summed E-state index contributed by atoms with van der Waals surface area (Å²) < 4.78 is 27.9. The van der Waals surface area contributed by atoms with Crippen molar-refractivity contribution in [2.75, 3.05) is 0 Å². The summed E-state index contributed by atoms with van der Waals surface area (Å²) in [5, 5.41) is 1.96. The fraction of sp³-hybridized carbons (Fsp3) is 0.0588. The van der Waals surface area contributed by atoms with Gasteiger partial charge in [-0.15, -0.1) is 0 Å². The number of hydrogen-bond acceptors (Lipinski definition) is 1. The first kappa shape index (κ1) is 14.2. The van der Waals surface area contributed by atoms with Gasteiger partial charge in [-0.3, -0.25) is 0 Å². The molecule has 0 aliphatic carbocycles. The molecule has 0 bridgehead atoms. The van der Waals surface area contributed by atoms with Gasteiger partial charge in [-0.05, 0) is 44.4 Å². The zero-order chi connectivity index (χ0) is 15.0. The third-order valence-corrected chi connectivity index (χ3v) is 4.14. The van der Waals surface area contributed by atoms with Crippen molar-refractivity contribution in [2.45, 2.75) is 6.04 Å². The van der Waals surface area contributed by atoms with Gasteiger partial charge in [0, 0.05) is 5.56 Å². The third-order valence-electron chi connectivity index (χ3n) is 3.53. The number of rotatable bonds is 2. The summed E-state index contributed by atoms with van der Waals surface area (Å²) in [7, 11) is 0. The summed E-state index contributed by atoms with van der Waals surface area (Å²) in [6.07, 6.45) is 0. The van der Waals surface area contributed by atoms with Gasteiger partial charge in [0.2, 0.25) is 0 Å². The first-order valence-electron chi connectivity index (χ1n) is 6.45. The number of fused-ring (bicyclic) bond motifs is 1. The Kier molecular flexibility index (Phi) is 3.74. The molecule has 0 aromatic heterocycles. The standard InChI is InChI=1S/C17H12BrF2N/c18-14-9-15(19)13(8-16(14)20)17(21)12-7-3-5-10-4-1-2-6-11(10)12/h1-9,17H,21H2. The molecule has 0 aliphatic rings. The van der Waals surface area contributed by atoms with Crippen molar-refractivity contribution in [1.29, 1.82) is 0 Å². The Morgan fingerprint density at radius 1 is 0.857 bits per heavy atom. The Morgan fingerprint density at radius 3 is 2.38 bits per heavy atom. The van der Waals surface area contributed by atoms with E-state index < -0.39 is 17.7 Å². The molecule has 1 atom stereocenters. The summed E-state index contributed by atoms with van der Waals surface area (Å²) in [6, 6.07) is 14.9. The van der Waals surface area contributed by atoms with E-state index in [2.05, 4.69) is 15.9 Å². The molecule has 0 heterocycles. The van der Waals surface area contributed by atoms with Crippen molar-refractivity contribution < 1.29 is 8.78 Å². The average Bonchev–Trinajstić information content (AvgIpc) is 2.49. The SMILES string of the molecule is NC(c1cc(F)c(Br)cc1F)c1cccc2ccccc12. The zero-order valence-corrected chi connectivity index (χ0v) is 12.6. The van der Waals surface area contributed by atoms with Crippen LogP contribution in [0.2, 0.25) is 0 Å². The Morgan fingerprint density at radius 2 is 1.57 bits per heavy atom. The second-order valence-corrected chi connectivity index (χ2v) is 5.69. The van der Waals surface area contributed by atoms with Gasteiger partial charge in [0.1, 0.15) is 11.6 Å². The van der Waals surface area contributed by atoms with E-state index in [0.29, 0.717) is 0 Å². The van der Waals surface area contributed by atoms with E-state index in [1.807, 2.05) is 42.5 Å². The monoisotopic (exact) mass is 347 g/mol. The minimum Gasteiger partial charge on any atom is -0.320 e. The first-order chi connectivity index (χ1) is 10.1. The topological polar surface area (TPSA) is 26.0 Å². The van der Waals surface area contributed by atoms with Crippen LogP contribution in [-0.2, 0) is 0 Å². The van der Waals surface area contributed by atoms with Gasteiger partial charge < -0.3 is 5.73 Å². The quantitative estimate of drug-likeness (QED) is 0.653. The Bertz CT molecular complexity index is 812. The maximum Gasteiger partial charge on any atom is 0.137 e. The molecular weight excluding hydrogens is 336 g/mol. The van der Waals surface area contributed by atoms with Crippen LogP contribution in [0.5, 0.6) is 0 Å². The smallest absolute Gasteiger partial charge is 0.137 e. The Labute approximate surface area is 129 Å². The molecule has 21 heavy (non-hydrogen) atoms. The molecule has 3 aromatic carbocycles. The number of hydrogen-bond donors (Lipinski definition) is 1. The molecule has 0 amide bonds. The molecule has 3 aromatic rings. The van der Waals surface area contributed by atoms with Crippen LogP contribution < -0.4 is 5.73 Å². The van der Waals surface area contributed by atoms with Crippen LogP contribution in [0.1, 0.15) is 17.2 Å². The van der Waals surface area contributed by atoms with Gasteiger partial charge in [-0.1, -0.05) is 42.5 Å². The van der Waals surface area contributed by atoms with Crippen LogP contribution in [0.4, 0.5) is 8.78 Å². The molecule has 0 spiro atoms. The number of benzene rings is 3. The number of halogens is 3. The van der Waals surface area contributed by atoms with Crippen molar-refractivity contribution >= 4 is 26.7 Å². The summed E-state index contributed by atoms with van der Waals surface area (Å²) in [4.78, 5) is 0. The summed E-state index contributed by atoms with van der Waals surface area (Å²) in [5.74, 6) is -1.05. The van der Waals surface area contributed by atoms with Gasteiger partial charge in [-0.25, -0.2) is 8.78 Å². The summed E-state index contributed by atoms with van der Waals surface area (Å²) in [6.45, 7) is 0. The Balaban J connectivity index is 2.17. The van der Waals surface area contributed by atoms with Crippen LogP contribution in [0.3, 0.4) is 0 Å². The van der Waals surface area contributed by atoms with E-state index >= 15 is 0 Å². The highest BCUT2D eigenvalue weighted by atomic mass is 79.9. The maximum atomic E-state index is 14.1. The predicted octanol–water partition coefficient (Wildman–Crippen LogP) is 4.93. The molecule has 0 radical (unpaired) electrons. The third kappa shape index (κ3) is 2.57. The van der Waals surface area contributed by atoms with Crippen LogP contribution in [0.25, 0.3) is 10.8 Å². The fourth-order valence-electron chi connectivity index (χ4n) is 2.47. The summed E-state index contributed by atoms with van der Waals surface area (Å²) >= 11 is 2.97. The molecule has 1 unspecified atom stereocenters. The highest BCUT2D eigenvalue weighted by molar-refractivity contribution is 9.10. The molecule has 2 N–H and O–H groups in total. The van der Waals surface area contributed by atoms with Gasteiger partial charge in [0.25, 0.3) is 0 Å². The maximum absolute atomic E-state index is 14.1. The highest BCUT2D eigenvalue weighted by Crippen LogP contribution is 2.30. The largest absolute Gasteiger partial charge is 0.320 e. The lowest BCUT2D eigenvalue weighted by atomic mass is 9.94. The predicted molar refractivity (Wildman–Crippen MR) is 84.0 cm³/mol. The van der Waals surface area contributed by atoms with E-state index in [-0.39, 0.29) is 10.0 Å². The fourth-order valence-corrected chi connectivity index (χ4v) is 2.78. The minimum atomic E-state index is -0.723. The summed E-state index contributed by atoms with van der Waals surface area (Å²) in [5.41, 5.74) is 7.10. The van der Waals surface area contributed by atoms with Gasteiger partial charge in [0.15, 0.2) is 0 Å². The van der Waals surface area contributed by atoms with Crippen molar-refractivity contribution in [3.63, 3.8) is 0 Å². The molecule has 1 nitrogen and oxygen atoms in total. The number of nitrogens with two attached hydrogens (primary N) is 1. The lowest BCUT2D eigenvalue weighted by molar-refractivity contribution is 0.572. The van der Waals surface area contributed by atoms with E-state index in [1.165, 1.54) is 0 Å². The second kappa shape index (κ2) is 5.54. The normalized spacial score (nSPS) is 12.6. The van der Waals surface area contributed by atoms with Gasteiger partial charge in [-0.2, -0.15) is 0 Å². The molecule has 0 saturated heterocycles. The molecule has 4 heteroatoms. The van der Waals surface area contributed by atoms with Crippen LogP contribution in [-0.4, -0.2) is 0 Å². The average molecular weight is 348 g/mol. The van der Waals surface area contributed by atoms with E-state index in [1.54, 1.807) is 0 Å². The minimum absolute atomic E-state index is 0.0915. The van der Waals surface area contributed by atoms with Crippen LogP contribution in [0.15, 0.2) is 59.1 Å². The molecule has 106 valence electrons. The molecule has 3 rings (SSSR count). The van der Waals surface area contributed by atoms with E-state index in [0.717, 1.165) is 28.5 Å². The lowest BCUT2D eigenvalue weighted by Crippen LogP contribution is -2.14. The van der Waals surface area contributed by atoms with Gasteiger partial charge >= 0.3 is 0 Å². The lowest BCUT2D eigenvalue weighted by Gasteiger charge is -2.16. The first-order valence-corrected chi connectivity index (χ1v) is 7.25. The molecule has 0 fully saturated rings. The van der Waals surface area contributed by atoms with Crippen molar-refractivity contribution in [1.82, 2.24) is 0 Å². The van der Waals surface area contributed by atoms with E-state index in [9.17, 15) is 8.78 Å². The highest BCUT2D eigenvalue weighted by Gasteiger charge is 2.18. The van der Waals surface area contributed by atoms with Crippen molar-refractivity contribution in [3.8, 4) is 0 Å². The van der Waals surface area contributed by atoms with Crippen LogP contribution >= 0.6 is 15.9 Å². The Hall–Kier alpha value is -1.78. The van der Waals surface area contributed by atoms with E-state index in [4.69, 9.17) is 5.73 Å².